The molecular formula is C15H25ClN4. The average Bonchev–Trinajstić information content (AvgIpc) is 2.45. The first-order valence-electron chi connectivity index (χ1n) is 7.20. The summed E-state index contributed by atoms with van der Waals surface area (Å²) in [5, 5.41) is 0.784. The van der Waals surface area contributed by atoms with E-state index in [4.69, 9.17) is 17.3 Å². The van der Waals surface area contributed by atoms with Crippen molar-refractivity contribution in [2.45, 2.75) is 6.54 Å². The van der Waals surface area contributed by atoms with Gasteiger partial charge in [-0.3, -0.25) is 4.90 Å². The topological polar surface area (TPSA) is 35.7 Å². The third kappa shape index (κ3) is 4.09. The van der Waals surface area contributed by atoms with Crippen molar-refractivity contribution in [1.82, 2.24) is 9.80 Å². The maximum absolute atomic E-state index is 6.12. The molecule has 0 aliphatic carbocycles. The summed E-state index contributed by atoms with van der Waals surface area (Å²) in [6.45, 7) is 7.11. The normalized spacial score (nSPS) is 16.9. The monoisotopic (exact) mass is 296 g/mol. The van der Waals surface area contributed by atoms with Crippen molar-refractivity contribution in [2.24, 2.45) is 5.73 Å². The van der Waals surface area contributed by atoms with Gasteiger partial charge in [0.25, 0.3) is 0 Å². The maximum atomic E-state index is 6.12. The van der Waals surface area contributed by atoms with E-state index in [-0.39, 0.29) is 0 Å². The molecule has 0 atom stereocenters. The molecule has 0 bridgehead atoms. The summed E-state index contributed by atoms with van der Waals surface area (Å²) in [4.78, 5) is 7.15. The van der Waals surface area contributed by atoms with Gasteiger partial charge in [0.15, 0.2) is 0 Å². The van der Waals surface area contributed by atoms with Gasteiger partial charge in [-0.1, -0.05) is 17.7 Å². The van der Waals surface area contributed by atoms with Crippen LogP contribution in [0.1, 0.15) is 5.56 Å². The summed E-state index contributed by atoms with van der Waals surface area (Å²) >= 11 is 6.12. The van der Waals surface area contributed by atoms with Crippen molar-refractivity contribution in [3.05, 3.63) is 28.8 Å². The first-order valence-corrected chi connectivity index (χ1v) is 7.58. The van der Waals surface area contributed by atoms with E-state index in [0.29, 0.717) is 6.54 Å². The lowest BCUT2D eigenvalue weighted by Gasteiger charge is -2.37. The van der Waals surface area contributed by atoms with Crippen LogP contribution in [0.15, 0.2) is 18.2 Å². The van der Waals surface area contributed by atoms with Crippen LogP contribution in [0.5, 0.6) is 0 Å². The number of rotatable bonds is 5. The Bertz CT molecular complexity index is 428. The van der Waals surface area contributed by atoms with Crippen LogP contribution in [-0.4, -0.2) is 63.2 Å². The molecule has 1 aromatic rings. The van der Waals surface area contributed by atoms with Gasteiger partial charge in [-0.05, 0) is 31.8 Å². The Morgan fingerprint density at radius 3 is 2.50 bits per heavy atom. The molecule has 1 aliphatic heterocycles. The van der Waals surface area contributed by atoms with Crippen LogP contribution in [0, 0.1) is 0 Å². The Hall–Kier alpha value is -0.810. The van der Waals surface area contributed by atoms with Crippen LogP contribution in [-0.2, 0) is 6.54 Å². The molecule has 1 saturated heterocycles. The molecule has 1 heterocycles. The Kier molecular flexibility index (Phi) is 5.66. The van der Waals surface area contributed by atoms with E-state index >= 15 is 0 Å². The Morgan fingerprint density at radius 1 is 1.20 bits per heavy atom. The van der Waals surface area contributed by atoms with E-state index in [1.54, 1.807) is 0 Å². The van der Waals surface area contributed by atoms with E-state index in [1.807, 2.05) is 18.2 Å². The zero-order valence-electron chi connectivity index (χ0n) is 12.5. The molecule has 0 unspecified atom stereocenters. The molecule has 1 aliphatic rings. The fraction of sp³-hybridized carbons (Fsp3) is 0.600. The van der Waals surface area contributed by atoms with E-state index in [0.717, 1.165) is 44.3 Å². The molecule has 0 amide bonds. The van der Waals surface area contributed by atoms with Gasteiger partial charge < -0.3 is 15.5 Å². The quantitative estimate of drug-likeness (QED) is 0.893. The summed E-state index contributed by atoms with van der Waals surface area (Å²) in [7, 11) is 4.24. The molecule has 0 aromatic heterocycles. The zero-order chi connectivity index (χ0) is 14.5. The second-order valence-corrected chi connectivity index (χ2v) is 6.05. The van der Waals surface area contributed by atoms with Gasteiger partial charge in [0.2, 0.25) is 0 Å². The van der Waals surface area contributed by atoms with Crippen molar-refractivity contribution >= 4 is 17.3 Å². The number of likely N-dealkylation sites (N-methyl/N-ethyl adjacent to an activating group) is 1. The standard InChI is InChI=1S/C15H25ClN4/c1-18(2)5-6-19-7-9-20(10-8-19)15-11-14(16)4-3-13(15)12-17/h3-4,11H,5-10,12,17H2,1-2H3. The van der Waals surface area contributed by atoms with Crippen molar-refractivity contribution in [2.75, 3.05) is 58.3 Å². The van der Waals surface area contributed by atoms with Gasteiger partial charge in [-0.15, -0.1) is 0 Å². The molecule has 2 N–H and O–H groups in total. The van der Waals surface area contributed by atoms with Crippen molar-refractivity contribution < 1.29 is 0 Å². The third-order valence-electron chi connectivity index (χ3n) is 3.84. The fourth-order valence-electron chi connectivity index (χ4n) is 2.56. The highest BCUT2D eigenvalue weighted by Gasteiger charge is 2.19. The number of hydrogen-bond donors (Lipinski definition) is 1. The van der Waals surface area contributed by atoms with Crippen LogP contribution >= 0.6 is 11.6 Å². The molecule has 1 aromatic carbocycles. The molecular weight excluding hydrogens is 272 g/mol. The summed E-state index contributed by atoms with van der Waals surface area (Å²) in [5.41, 5.74) is 8.21. The van der Waals surface area contributed by atoms with E-state index in [9.17, 15) is 0 Å². The molecule has 0 spiro atoms. The minimum Gasteiger partial charge on any atom is -0.369 e. The molecule has 20 heavy (non-hydrogen) atoms. The Labute approximate surface area is 127 Å². The number of nitrogens with two attached hydrogens (primary N) is 1. The van der Waals surface area contributed by atoms with Gasteiger partial charge in [-0.25, -0.2) is 0 Å². The Morgan fingerprint density at radius 2 is 1.90 bits per heavy atom. The number of halogens is 1. The van der Waals surface area contributed by atoms with Crippen LogP contribution in [0.2, 0.25) is 5.02 Å². The Balaban J connectivity index is 1.95. The number of hydrogen-bond acceptors (Lipinski definition) is 4. The van der Waals surface area contributed by atoms with Crippen molar-refractivity contribution in [1.29, 1.82) is 0 Å². The molecule has 5 heteroatoms. The van der Waals surface area contributed by atoms with E-state index in [1.165, 1.54) is 11.3 Å². The van der Waals surface area contributed by atoms with Gasteiger partial charge >= 0.3 is 0 Å². The van der Waals surface area contributed by atoms with Crippen LogP contribution in [0.4, 0.5) is 5.69 Å². The number of nitrogens with zero attached hydrogens (tertiary/aromatic N) is 3. The lowest BCUT2D eigenvalue weighted by atomic mass is 10.1. The summed E-state index contributed by atoms with van der Waals surface area (Å²) in [6.07, 6.45) is 0. The largest absolute Gasteiger partial charge is 0.369 e. The average molecular weight is 297 g/mol. The molecule has 1 fully saturated rings. The second kappa shape index (κ2) is 7.27. The smallest absolute Gasteiger partial charge is 0.0427 e. The molecule has 0 radical (unpaired) electrons. The highest BCUT2D eigenvalue weighted by atomic mass is 35.5. The van der Waals surface area contributed by atoms with Gasteiger partial charge in [0, 0.05) is 56.5 Å². The number of piperazine rings is 1. The van der Waals surface area contributed by atoms with Gasteiger partial charge in [0.05, 0.1) is 0 Å². The molecule has 112 valence electrons. The van der Waals surface area contributed by atoms with Gasteiger partial charge in [0.1, 0.15) is 0 Å². The highest BCUT2D eigenvalue weighted by molar-refractivity contribution is 6.30. The number of benzene rings is 1. The summed E-state index contributed by atoms with van der Waals surface area (Å²) in [5.74, 6) is 0. The first-order chi connectivity index (χ1) is 9.60. The minimum absolute atomic E-state index is 0.563. The lowest BCUT2D eigenvalue weighted by molar-refractivity contribution is 0.229. The van der Waals surface area contributed by atoms with Gasteiger partial charge in [-0.2, -0.15) is 0 Å². The van der Waals surface area contributed by atoms with E-state index in [2.05, 4.69) is 28.8 Å². The van der Waals surface area contributed by atoms with Crippen molar-refractivity contribution in [3.8, 4) is 0 Å². The minimum atomic E-state index is 0.563. The SMILES string of the molecule is CN(C)CCN1CCN(c2cc(Cl)ccc2CN)CC1. The van der Waals surface area contributed by atoms with E-state index < -0.39 is 0 Å². The maximum Gasteiger partial charge on any atom is 0.0427 e. The third-order valence-corrected chi connectivity index (χ3v) is 4.08. The van der Waals surface area contributed by atoms with Crippen LogP contribution in [0.3, 0.4) is 0 Å². The van der Waals surface area contributed by atoms with Crippen LogP contribution in [0.25, 0.3) is 0 Å². The first kappa shape index (κ1) is 15.6. The second-order valence-electron chi connectivity index (χ2n) is 5.61. The number of anilines is 1. The van der Waals surface area contributed by atoms with Crippen molar-refractivity contribution in [3.63, 3.8) is 0 Å². The molecule has 4 nitrogen and oxygen atoms in total. The summed E-state index contributed by atoms with van der Waals surface area (Å²) < 4.78 is 0. The summed E-state index contributed by atoms with van der Waals surface area (Å²) in [6, 6.07) is 6.00. The zero-order valence-corrected chi connectivity index (χ0v) is 13.2. The highest BCUT2D eigenvalue weighted by Crippen LogP contribution is 2.25. The lowest BCUT2D eigenvalue weighted by Crippen LogP contribution is -2.48. The molecule has 2 rings (SSSR count). The molecule has 0 saturated carbocycles. The van der Waals surface area contributed by atoms with Crippen LogP contribution < -0.4 is 10.6 Å². The predicted octanol–water partition coefficient (Wildman–Crippen LogP) is 1.48. The predicted molar refractivity (Wildman–Crippen MR) is 86.6 cm³/mol. The fourth-order valence-corrected chi connectivity index (χ4v) is 2.72.